The normalized spacial score (nSPS) is 15.0. The molecule has 1 aliphatic rings. The number of hydrogen-bond acceptors (Lipinski definition) is 7. The number of imidazole rings is 1. The van der Waals surface area contributed by atoms with Crippen LogP contribution in [0, 0.1) is 6.92 Å². The van der Waals surface area contributed by atoms with Crippen molar-refractivity contribution in [2.24, 2.45) is 0 Å². The highest BCUT2D eigenvalue weighted by molar-refractivity contribution is 5.79. The number of nitrogens with zero attached hydrogens (tertiary/aromatic N) is 4. The highest BCUT2D eigenvalue weighted by Gasteiger charge is 2.15. The Balaban J connectivity index is 1.54. The Morgan fingerprint density at radius 3 is 2.77 bits per heavy atom. The van der Waals surface area contributed by atoms with E-state index in [1.807, 2.05) is 29.7 Å². The number of nitrogens with one attached hydrogen (secondary N) is 1. The van der Waals surface area contributed by atoms with E-state index in [4.69, 9.17) is 9.72 Å². The van der Waals surface area contributed by atoms with Gasteiger partial charge < -0.3 is 24.8 Å². The number of aromatic hydroxyl groups is 1. The van der Waals surface area contributed by atoms with Crippen molar-refractivity contribution in [1.29, 1.82) is 0 Å². The summed E-state index contributed by atoms with van der Waals surface area (Å²) in [5.41, 5.74) is 4.02. The van der Waals surface area contributed by atoms with E-state index in [-0.39, 0.29) is 12.4 Å². The summed E-state index contributed by atoms with van der Waals surface area (Å²) >= 11 is 0. The van der Waals surface area contributed by atoms with Crippen LogP contribution in [0.25, 0.3) is 11.0 Å². The fourth-order valence-electron chi connectivity index (χ4n) is 3.76. The van der Waals surface area contributed by atoms with Crippen LogP contribution in [-0.4, -0.2) is 69.0 Å². The molecule has 1 saturated heterocycles. The summed E-state index contributed by atoms with van der Waals surface area (Å²) in [6, 6.07) is 9.20. The van der Waals surface area contributed by atoms with Crippen LogP contribution in [0.1, 0.15) is 23.4 Å². The van der Waals surface area contributed by atoms with E-state index in [1.165, 1.54) is 0 Å². The summed E-state index contributed by atoms with van der Waals surface area (Å²) in [6.45, 7) is 7.67. The van der Waals surface area contributed by atoms with Crippen molar-refractivity contribution < 1.29 is 14.9 Å². The monoisotopic (exact) mass is 411 g/mol. The summed E-state index contributed by atoms with van der Waals surface area (Å²) in [4.78, 5) is 11.7. The van der Waals surface area contributed by atoms with E-state index < -0.39 is 0 Å². The van der Waals surface area contributed by atoms with Crippen molar-refractivity contribution in [1.82, 2.24) is 19.4 Å². The Morgan fingerprint density at radius 1 is 1.13 bits per heavy atom. The third-order valence-electron chi connectivity index (χ3n) is 5.43. The molecule has 3 aromatic rings. The van der Waals surface area contributed by atoms with E-state index in [0.29, 0.717) is 12.2 Å². The van der Waals surface area contributed by atoms with Gasteiger partial charge in [0.1, 0.15) is 11.4 Å². The molecule has 0 bridgehead atoms. The van der Waals surface area contributed by atoms with E-state index in [2.05, 4.69) is 15.2 Å². The minimum absolute atomic E-state index is 0.0304. The molecule has 1 fully saturated rings. The Kier molecular flexibility index (Phi) is 6.47. The molecule has 1 aliphatic heterocycles. The van der Waals surface area contributed by atoms with Gasteiger partial charge >= 0.3 is 0 Å². The van der Waals surface area contributed by atoms with E-state index in [1.54, 1.807) is 12.1 Å². The number of pyridine rings is 1. The summed E-state index contributed by atoms with van der Waals surface area (Å²) in [6.07, 6.45) is 0.999. The van der Waals surface area contributed by atoms with Crippen molar-refractivity contribution in [3.8, 4) is 5.75 Å². The lowest BCUT2D eigenvalue weighted by molar-refractivity contribution is 0.0378. The van der Waals surface area contributed by atoms with Gasteiger partial charge in [-0.2, -0.15) is 0 Å². The lowest BCUT2D eigenvalue weighted by atomic mass is 10.2. The number of aliphatic hydroxyl groups is 1. The molecular formula is C22H29N5O3. The molecule has 8 nitrogen and oxygen atoms in total. The summed E-state index contributed by atoms with van der Waals surface area (Å²) in [7, 11) is 0. The maximum Gasteiger partial charge on any atom is 0.204 e. The smallest absolute Gasteiger partial charge is 0.204 e. The number of ether oxygens (including phenoxy) is 1. The van der Waals surface area contributed by atoms with Crippen LogP contribution < -0.4 is 5.32 Å². The zero-order valence-electron chi connectivity index (χ0n) is 17.3. The summed E-state index contributed by atoms with van der Waals surface area (Å²) in [5, 5.41) is 23.3. The van der Waals surface area contributed by atoms with Crippen LogP contribution in [0.3, 0.4) is 0 Å². The highest BCUT2D eigenvalue weighted by Crippen LogP contribution is 2.25. The predicted octanol–water partition coefficient (Wildman–Crippen LogP) is 2.12. The lowest BCUT2D eigenvalue weighted by Gasteiger charge is -2.26. The van der Waals surface area contributed by atoms with Gasteiger partial charge in [-0.05, 0) is 49.7 Å². The van der Waals surface area contributed by atoms with Crippen molar-refractivity contribution >= 4 is 17.0 Å². The first kappa shape index (κ1) is 20.6. The maximum atomic E-state index is 10.3. The van der Waals surface area contributed by atoms with Crippen molar-refractivity contribution in [3.05, 3.63) is 47.3 Å². The largest absolute Gasteiger partial charge is 0.506 e. The van der Waals surface area contributed by atoms with Gasteiger partial charge in [0.15, 0.2) is 0 Å². The molecule has 0 radical (unpaired) electrons. The van der Waals surface area contributed by atoms with E-state index in [0.717, 1.165) is 74.1 Å². The average Bonchev–Trinajstić information content (AvgIpc) is 3.11. The Bertz CT molecular complexity index is 998. The van der Waals surface area contributed by atoms with Gasteiger partial charge in [0.2, 0.25) is 5.95 Å². The number of aliphatic hydroxyl groups excluding tert-OH is 1. The molecule has 8 heteroatoms. The Labute approximate surface area is 176 Å². The maximum absolute atomic E-state index is 10.3. The van der Waals surface area contributed by atoms with Crippen LogP contribution in [0.2, 0.25) is 0 Å². The first-order valence-corrected chi connectivity index (χ1v) is 10.4. The first-order valence-electron chi connectivity index (χ1n) is 10.4. The molecule has 30 heavy (non-hydrogen) atoms. The first-order chi connectivity index (χ1) is 14.6. The third kappa shape index (κ3) is 4.72. The van der Waals surface area contributed by atoms with Crippen molar-refractivity contribution in [2.75, 3.05) is 44.7 Å². The second-order valence-corrected chi connectivity index (χ2v) is 7.66. The standard InChI is InChI=1S/C22H29N5O3/c1-16-3-6-21(29)19(24-16)14-27-20-13-17(15-28)4-5-18(20)25-22(27)23-7-2-8-26-9-11-30-12-10-26/h3-6,13,28-29H,2,7-12,14-15H2,1H3,(H,23,25). The minimum Gasteiger partial charge on any atom is -0.506 e. The fourth-order valence-corrected chi connectivity index (χ4v) is 3.76. The number of anilines is 1. The number of rotatable bonds is 8. The molecular weight excluding hydrogens is 382 g/mol. The van der Waals surface area contributed by atoms with Crippen LogP contribution in [0.15, 0.2) is 30.3 Å². The van der Waals surface area contributed by atoms with E-state index >= 15 is 0 Å². The van der Waals surface area contributed by atoms with Crippen molar-refractivity contribution in [3.63, 3.8) is 0 Å². The summed E-state index contributed by atoms with van der Waals surface area (Å²) in [5.74, 6) is 0.906. The zero-order valence-corrected chi connectivity index (χ0v) is 17.3. The number of morpholine rings is 1. The van der Waals surface area contributed by atoms with Crippen LogP contribution >= 0.6 is 0 Å². The second-order valence-electron chi connectivity index (χ2n) is 7.66. The molecule has 0 amide bonds. The Hall–Kier alpha value is -2.68. The molecule has 0 spiro atoms. The van der Waals surface area contributed by atoms with E-state index in [9.17, 15) is 10.2 Å². The predicted molar refractivity (Wildman–Crippen MR) is 116 cm³/mol. The third-order valence-corrected chi connectivity index (χ3v) is 5.43. The van der Waals surface area contributed by atoms with Gasteiger partial charge in [-0.3, -0.25) is 9.88 Å². The number of hydrogen-bond donors (Lipinski definition) is 3. The van der Waals surface area contributed by atoms with Crippen LogP contribution in [0.4, 0.5) is 5.95 Å². The van der Waals surface area contributed by atoms with Gasteiger partial charge in [-0.15, -0.1) is 0 Å². The number of aryl methyl sites for hydroxylation is 1. The Morgan fingerprint density at radius 2 is 1.97 bits per heavy atom. The molecule has 0 unspecified atom stereocenters. The van der Waals surface area contributed by atoms with Gasteiger partial charge in [-0.1, -0.05) is 6.07 Å². The molecule has 1 aromatic carbocycles. The van der Waals surface area contributed by atoms with Crippen molar-refractivity contribution in [2.45, 2.75) is 26.5 Å². The minimum atomic E-state index is -0.0304. The molecule has 0 saturated carbocycles. The highest BCUT2D eigenvalue weighted by atomic mass is 16.5. The molecule has 3 heterocycles. The molecule has 3 N–H and O–H groups in total. The fraction of sp³-hybridized carbons (Fsp3) is 0.455. The molecule has 4 rings (SSSR count). The van der Waals surface area contributed by atoms with Gasteiger partial charge in [-0.25, -0.2) is 4.98 Å². The van der Waals surface area contributed by atoms with Gasteiger partial charge in [0.25, 0.3) is 0 Å². The lowest BCUT2D eigenvalue weighted by Crippen LogP contribution is -2.37. The molecule has 2 aromatic heterocycles. The zero-order chi connectivity index (χ0) is 20.9. The molecule has 0 atom stereocenters. The average molecular weight is 412 g/mol. The number of benzene rings is 1. The summed E-state index contributed by atoms with van der Waals surface area (Å²) < 4.78 is 7.42. The van der Waals surface area contributed by atoms with Crippen LogP contribution in [-0.2, 0) is 17.9 Å². The van der Waals surface area contributed by atoms with Gasteiger partial charge in [0, 0.05) is 25.3 Å². The number of aromatic nitrogens is 3. The topological polar surface area (TPSA) is 95.7 Å². The van der Waals surface area contributed by atoms with Crippen LogP contribution in [0.5, 0.6) is 5.75 Å². The SMILES string of the molecule is Cc1ccc(O)c(Cn2c(NCCCN3CCOCC3)nc3ccc(CO)cc32)n1. The number of fused-ring (bicyclic) bond motifs is 1. The second kappa shape index (κ2) is 9.42. The quantitative estimate of drug-likeness (QED) is 0.489. The van der Waals surface area contributed by atoms with Gasteiger partial charge in [0.05, 0.1) is 37.4 Å². The molecule has 0 aliphatic carbocycles. The molecule has 160 valence electrons.